The first-order valence-electron chi connectivity index (χ1n) is 12.3. The summed E-state index contributed by atoms with van der Waals surface area (Å²) in [4.78, 5) is 26.0. The average molecular weight is 567 g/mol. The van der Waals surface area contributed by atoms with Crippen LogP contribution < -0.4 is 4.90 Å². The third-order valence-electron chi connectivity index (χ3n) is 5.90. The minimum atomic E-state index is -1.15. The molecular formula is C25H40BrN5O3Si. The summed E-state index contributed by atoms with van der Waals surface area (Å²) in [6.45, 7) is 19.8. The zero-order valence-corrected chi connectivity index (χ0v) is 24.6. The molecule has 3 rings (SSSR count). The first-order chi connectivity index (χ1) is 16.4. The lowest BCUT2D eigenvalue weighted by Gasteiger charge is -2.40. The normalized spacial score (nSPS) is 17.0. The van der Waals surface area contributed by atoms with Crippen molar-refractivity contribution in [3.05, 3.63) is 29.7 Å². The number of hydrogen-bond donors (Lipinski definition) is 0. The lowest BCUT2D eigenvalue weighted by atomic mass is 10.0. The van der Waals surface area contributed by atoms with Gasteiger partial charge in [-0.2, -0.15) is 0 Å². The molecule has 1 amide bonds. The van der Waals surface area contributed by atoms with Crippen LogP contribution >= 0.6 is 15.9 Å². The van der Waals surface area contributed by atoms with E-state index in [9.17, 15) is 4.79 Å². The molecule has 194 valence electrons. The summed E-state index contributed by atoms with van der Waals surface area (Å²) >= 11 is 3.73. The Labute approximate surface area is 218 Å². The minimum Gasteiger partial charge on any atom is -0.444 e. The number of amides is 1. The van der Waals surface area contributed by atoms with Crippen LogP contribution in [0.25, 0.3) is 11.0 Å². The summed E-state index contributed by atoms with van der Waals surface area (Å²) in [5.74, 6) is 0.832. The van der Waals surface area contributed by atoms with Gasteiger partial charge in [-0.3, -0.25) is 0 Å². The van der Waals surface area contributed by atoms with Crippen LogP contribution in [-0.4, -0.2) is 71.5 Å². The van der Waals surface area contributed by atoms with Gasteiger partial charge in [-0.15, -0.1) is 6.58 Å². The highest BCUT2D eigenvalue weighted by Gasteiger charge is 2.32. The van der Waals surface area contributed by atoms with E-state index < -0.39 is 13.7 Å². The van der Waals surface area contributed by atoms with Gasteiger partial charge >= 0.3 is 6.09 Å². The fourth-order valence-electron chi connectivity index (χ4n) is 4.17. The fraction of sp³-hybridized carbons (Fsp3) is 0.640. The zero-order chi connectivity index (χ0) is 25.8. The van der Waals surface area contributed by atoms with Crippen LogP contribution in [-0.2, 0) is 16.2 Å². The molecular weight excluding hydrogens is 526 g/mol. The molecule has 8 nitrogen and oxygen atoms in total. The number of nitrogens with zero attached hydrogens (tertiary/aromatic N) is 5. The van der Waals surface area contributed by atoms with E-state index in [1.54, 1.807) is 11.2 Å². The van der Waals surface area contributed by atoms with Crippen molar-refractivity contribution in [2.24, 2.45) is 0 Å². The molecule has 1 saturated heterocycles. The van der Waals surface area contributed by atoms with Gasteiger partial charge in [0.25, 0.3) is 0 Å². The quantitative estimate of drug-likeness (QED) is 0.214. The van der Waals surface area contributed by atoms with Crippen molar-refractivity contribution in [1.82, 2.24) is 19.4 Å². The number of hydrogen-bond acceptors (Lipinski definition) is 6. The number of rotatable bonds is 9. The number of fused-ring (bicyclic) bond motifs is 1. The lowest BCUT2D eigenvalue weighted by Crippen LogP contribution is -2.51. The zero-order valence-electron chi connectivity index (χ0n) is 22.0. The smallest absolute Gasteiger partial charge is 0.410 e. The van der Waals surface area contributed by atoms with Crippen LogP contribution in [0.3, 0.4) is 0 Å². The number of anilines is 1. The van der Waals surface area contributed by atoms with E-state index in [0.717, 1.165) is 46.8 Å². The summed E-state index contributed by atoms with van der Waals surface area (Å²) in [7, 11) is -1.15. The molecule has 1 fully saturated rings. The third kappa shape index (κ3) is 7.53. The maximum absolute atomic E-state index is 12.8. The Morgan fingerprint density at radius 2 is 2.09 bits per heavy atom. The number of piperidine rings is 1. The van der Waals surface area contributed by atoms with Gasteiger partial charge in [-0.05, 0) is 55.6 Å². The average Bonchev–Trinajstić information content (AvgIpc) is 3.09. The maximum atomic E-state index is 12.8. The topological polar surface area (TPSA) is 72.7 Å². The number of aromatic nitrogens is 3. The summed E-state index contributed by atoms with van der Waals surface area (Å²) in [5.41, 5.74) is 0.304. The van der Waals surface area contributed by atoms with E-state index >= 15 is 0 Å². The number of carbonyl (C=O) groups is 1. The second-order valence-corrected chi connectivity index (χ2v) is 17.8. The Morgan fingerprint density at radius 3 is 2.74 bits per heavy atom. The minimum absolute atomic E-state index is 0.0932. The number of carbonyl (C=O) groups excluding carboxylic acids is 1. The van der Waals surface area contributed by atoms with Crippen molar-refractivity contribution < 1.29 is 14.3 Å². The number of likely N-dealkylation sites (tertiary alicyclic amines) is 1. The molecule has 2 aromatic heterocycles. The van der Waals surface area contributed by atoms with Gasteiger partial charge in [-0.25, -0.2) is 14.8 Å². The highest BCUT2D eigenvalue weighted by Crippen LogP contribution is 2.34. The first kappa shape index (κ1) is 27.7. The van der Waals surface area contributed by atoms with Crippen molar-refractivity contribution in [3.63, 3.8) is 0 Å². The molecule has 0 bridgehead atoms. The van der Waals surface area contributed by atoms with Crippen molar-refractivity contribution in [2.45, 2.75) is 77.7 Å². The summed E-state index contributed by atoms with van der Waals surface area (Å²) in [5, 5.41) is 0.942. The predicted molar refractivity (Wildman–Crippen MR) is 148 cm³/mol. The second-order valence-electron chi connectivity index (χ2n) is 11.4. The van der Waals surface area contributed by atoms with Crippen molar-refractivity contribution in [1.29, 1.82) is 0 Å². The van der Waals surface area contributed by atoms with Gasteiger partial charge in [-0.1, -0.05) is 25.7 Å². The number of halogens is 1. The highest BCUT2D eigenvalue weighted by atomic mass is 79.9. The fourth-order valence-corrected chi connectivity index (χ4v) is 5.53. The molecule has 0 spiro atoms. The summed E-state index contributed by atoms with van der Waals surface area (Å²) < 4.78 is 14.6. The van der Waals surface area contributed by atoms with Crippen molar-refractivity contribution in [3.8, 4) is 0 Å². The molecule has 0 saturated carbocycles. The maximum Gasteiger partial charge on any atom is 0.410 e. The van der Waals surface area contributed by atoms with E-state index in [4.69, 9.17) is 9.47 Å². The van der Waals surface area contributed by atoms with Crippen LogP contribution in [0.2, 0.25) is 25.7 Å². The molecule has 10 heteroatoms. The molecule has 3 heterocycles. The molecule has 0 N–H and O–H groups in total. The van der Waals surface area contributed by atoms with Gasteiger partial charge < -0.3 is 23.8 Å². The van der Waals surface area contributed by atoms with E-state index in [1.165, 1.54) is 0 Å². The van der Waals surface area contributed by atoms with Gasteiger partial charge in [0.15, 0.2) is 0 Å². The molecule has 0 radical (unpaired) electrons. The van der Waals surface area contributed by atoms with Crippen LogP contribution in [0.1, 0.15) is 33.6 Å². The Morgan fingerprint density at radius 1 is 1.34 bits per heavy atom. The van der Waals surface area contributed by atoms with Crippen LogP contribution in [0.4, 0.5) is 10.6 Å². The summed E-state index contributed by atoms with van der Waals surface area (Å²) in [6, 6.07) is 1.21. The molecule has 1 aliphatic rings. The van der Waals surface area contributed by atoms with E-state index in [2.05, 4.69) is 57.0 Å². The molecule has 1 atom stereocenters. The molecule has 0 aliphatic carbocycles. The van der Waals surface area contributed by atoms with E-state index in [-0.39, 0.29) is 12.1 Å². The van der Waals surface area contributed by atoms with E-state index in [0.29, 0.717) is 26.4 Å². The largest absolute Gasteiger partial charge is 0.444 e. The Hall–Kier alpha value is -1.91. The molecule has 1 aliphatic heterocycles. The Balaban J connectivity index is 1.84. The Bertz CT molecular complexity index is 1030. The monoisotopic (exact) mass is 565 g/mol. The lowest BCUT2D eigenvalue weighted by molar-refractivity contribution is 0.0198. The molecule has 0 aromatic carbocycles. The second kappa shape index (κ2) is 11.4. The van der Waals surface area contributed by atoms with Crippen LogP contribution in [0.15, 0.2) is 29.7 Å². The van der Waals surface area contributed by atoms with E-state index in [1.807, 2.05) is 37.6 Å². The predicted octanol–water partition coefficient (Wildman–Crippen LogP) is 5.90. The highest BCUT2D eigenvalue weighted by molar-refractivity contribution is 9.10. The Kier molecular flexibility index (Phi) is 9.04. The SMILES string of the molecule is C=CCN(c1ncnc2c1c(Br)cn2COCC[Si](C)(C)C)[C@@H]1CCCN(C(=O)OC(C)(C)C)C1. The number of ether oxygens (including phenoxy) is 2. The van der Waals surface area contributed by atoms with Gasteiger partial charge in [0.2, 0.25) is 0 Å². The first-order valence-corrected chi connectivity index (χ1v) is 16.8. The molecule has 35 heavy (non-hydrogen) atoms. The molecule has 0 unspecified atom stereocenters. The standard InChI is InChI=1S/C25H40BrN5O3Si/c1-8-11-31(19-10-9-12-29(15-19)24(32)34-25(2,3)4)23-21-20(26)16-30(22(21)27-17-28-23)18-33-13-14-35(5,6)7/h8,16-17,19H,1,9-15,18H2,2-7H3/t19-/m1/s1. The summed E-state index contributed by atoms with van der Waals surface area (Å²) in [6.07, 6.45) is 7.08. The van der Waals surface area contributed by atoms with Gasteiger partial charge in [0.1, 0.15) is 30.1 Å². The molecule has 2 aromatic rings. The van der Waals surface area contributed by atoms with Gasteiger partial charge in [0, 0.05) is 51.0 Å². The van der Waals surface area contributed by atoms with Crippen molar-refractivity contribution in [2.75, 3.05) is 31.1 Å². The van der Waals surface area contributed by atoms with Crippen LogP contribution in [0.5, 0.6) is 0 Å². The van der Waals surface area contributed by atoms with Crippen molar-refractivity contribution >= 4 is 46.9 Å². The third-order valence-corrected chi connectivity index (χ3v) is 8.21. The van der Waals surface area contributed by atoms with Gasteiger partial charge in [0.05, 0.1) is 5.39 Å². The van der Waals surface area contributed by atoms with Crippen LogP contribution in [0, 0.1) is 0 Å².